The number of thiocarbonyl (C=S) groups is 1. The number of nitrogens with zero attached hydrogens (tertiary/aromatic N) is 2. The normalized spacial score (nSPS) is 13.5. The van der Waals surface area contributed by atoms with Crippen molar-refractivity contribution in [2.75, 3.05) is 10.7 Å². The van der Waals surface area contributed by atoms with Gasteiger partial charge in [-0.25, -0.2) is 9.66 Å². The van der Waals surface area contributed by atoms with E-state index in [1.54, 1.807) is 30.4 Å². The molecule has 26 heavy (non-hydrogen) atoms. The molecule has 0 atom stereocenters. The first kappa shape index (κ1) is 17.5. The Kier molecular flexibility index (Phi) is 4.69. The van der Waals surface area contributed by atoms with Crippen molar-refractivity contribution in [2.24, 2.45) is 0 Å². The van der Waals surface area contributed by atoms with Crippen LogP contribution in [0, 0.1) is 6.92 Å². The zero-order valence-electron chi connectivity index (χ0n) is 14.1. The predicted octanol–water partition coefficient (Wildman–Crippen LogP) is 4.24. The SMILES string of the molecule is Cc1nc2sc3c(c2c(=O)n1NC(=S)Nc1ccc(Cl)cc1)CCCC3. The highest BCUT2D eigenvalue weighted by Crippen LogP contribution is 2.33. The van der Waals surface area contributed by atoms with Gasteiger partial charge in [-0.3, -0.25) is 10.2 Å². The number of anilines is 1. The van der Waals surface area contributed by atoms with Crippen molar-refractivity contribution in [2.45, 2.75) is 32.6 Å². The molecule has 0 amide bonds. The van der Waals surface area contributed by atoms with Gasteiger partial charge >= 0.3 is 0 Å². The van der Waals surface area contributed by atoms with Gasteiger partial charge in [0.1, 0.15) is 10.7 Å². The number of aryl methyl sites for hydroxylation is 3. The van der Waals surface area contributed by atoms with Crippen LogP contribution in [0.15, 0.2) is 29.1 Å². The van der Waals surface area contributed by atoms with Gasteiger partial charge in [0.05, 0.1) is 5.39 Å². The zero-order valence-corrected chi connectivity index (χ0v) is 16.5. The molecule has 0 unspecified atom stereocenters. The summed E-state index contributed by atoms with van der Waals surface area (Å²) in [7, 11) is 0. The molecule has 2 heterocycles. The minimum Gasteiger partial charge on any atom is -0.331 e. The Morgan fingerprint density at radius 1 is 1.27 bits per heavy atom. The average molecular weight is 405 g/mol. The third-order valence-electron chi connectivity index (χ3n) is 4.47. The molecule has 0 saturated carbocycles. The van der Waals surface area contributed by atoms with Crippen molar-refractivity contribution >= 4 is 56.2 Å². The maximum Gasteiger partial charge on any atom is 0.281 e. The molecule has 1 aliphatic carbocycles. The van der Waals surface area contributed by atoms with Crippen molar-refractivity contribution in [1.29, 1.82) is 0 Å². The molecule has 0 bridgehead atoms. The average Bonchev–Trinajstić information content (AvgIpc) is 2.98. The molecule has 2 N–H and O–H groups in total. The van der Waals surface area contributed by atoms with E-state index in [9.17, 15) is 4.79 Å². The number of benzene rings is 1. The highest BCUT2D eigenvalue weighted by atomic mass is 35.5. The Morgan fingerprint density at radius 2 is 2.00 bits per heavy atom. The number of hydrogen-bond acceptors (Lipinski definition) is 4. The predicted molar refractivity (Wildman–Crippen MR) is 112 cm³/mol. The molecule has 0 aliphatic heterocycles. The van der Waals surface area contributed by atoms with E-state index < -0.39 is 0 Å². The number of nitrogens with one attached hydrogen (secondary N) is 2. The molecular formula is C18H17ClN4OS2. The lowest BCUT2D eigenvalue weighted by molar-refractivity contribution is 0.699. The van der Waals surface area contributed by atoms with Gasteiger partial charge in [-0.15, -0.1) is 11.3 Å². The smallest absolute Gasteiger partial charge is 0.281 e. The fraction of sp³-hybridized carbons (Fsp3) is 0.278. The van der Waals surface area contributed by atoms with E-state index in [1.165, 1.54) is 21.5 Å². The molecule has 4 rings (SSSR count). The molecule has 5 nitrogen and oxygen atoms in total. The van der Waals surface area contributed by atoms with Crippen LogP contribution in [-0.2, 0) is 12.8 Å². The zero-order chi connectivity index (χ0) is 18.3. The second kappa shape index (κ2) is 6.98. The van der Waals surface area contributed by atoms with E-state index in [1.807, 2.05) is 12.1 Å². The van der Waals surface area contributed by atoms with Crippen LogP contribution in [0.5, 0.6) is 0 Å². The summed E-state index contributed by atoms with van der Waals surface area (Å²) in [5.74, 6) is 0.585. The first-order valence-electron chi connectivity index (χ1n) is 8.40. The Morgan fingerprint density at radius 3 is 2.77 bits per heavy atom. The van der Waals surface area contributed by atoms with Gasteiger partial charge in [-0.2, -0.15) is 0 Å². The Hall–Kier alpha value is -1.96. The number of hydrogen-bond donors (Lipinski definition) is 2. The van der Waals surface area contributed by atoms with E-state index in [0.29, 0.717) is 16.0 Å². The number of halogens is 1. The monoisotopic (exact) mass is 404 g/mol. The van der Waals surface area contributed by atoms with E-state index in [4.69, 9.17) is 23.8 Å². The lowest BCUT2D eigenvalue weighted by Gasteiger charge is -2.15. The summed E-state index contributed by atoms with van der Waals surface area (Å²) in [6, 6.07) is 7.19. The summed E-state index contributed by atoms with van der Waals surface area (Å²) in [6.45, 7) is 1.80. The lowest BCUT2D eigenvalue weighted by Crippen LogP contribution is -2.37. The summed E-state index contributed by atoms with van der Waals surface area (Å²) in [5.41, 5.74) is 4.83. The summed E-state index contributed by atoms with van der Waals surface area (Å²) in [6.07, 6.45) is 4.29. The summed E-state index contributed by atoms with van der Waals surface area (Å²) >= 11 is 12.9. The minimum absolute atomic E-state index is 0.0906. The first-order chi connectivity index (χ1) is 12.5. The van der Waals surface area contributed by atoms with Gasteiger partial charge in [-0.05, 0) is 74.7 Å². The maximum absolute atomic E-state index is 13.1. The largest absolute Gasteiger partial charge is 0.331 e. The second-order valence-corrected chi connectivity index (χ2v) is 8.19. The lowest BCUT2D eigenvalue weighted by atomic mass is 9.97. The van der Waals surface area contributed by atoms with E-state index in [-0.39, 0.29) is 5.56 Å². The quantitative estimate of drug-likeness (QED) is 0.625. The van der Waals surface area contributed by atoms with Crippen LogP contribution in [0.1, 0.15) is 29.1 Å². The molecule has 0 saturated heterocycles. The summed E-state index contributed by atoms with van der Waals surface area (Å²) in [4.78, 5) is 19.8. The molecule has 134 valence electrons. The highest BCUT2D eigenvalue weighted by molar-refractivity contribution is 7.80. The van der Waals surface area contributed by atoms with Crippen molar-refractivity contribution in [3.05, 3.63) is 55.9 Å². The maximum atomic E-state index is 13.1. The van der Waals surface area contributed by atoms with Crippen LogP contribution in [0.3, 0.4) is 0 Å². The van der Waals surface area contributed by atoms with Crippen molar-refractivity contribution in [3.8, 4) is 0 Å². The fourth-order valence-corrected chi connectivity index (χ4v) is 4.86. The first-order valence-corrected chi connectivity index (χ1v) is 10.0. The highest BCUT2D eigenvalue weighted by Gasteiger charge is 2.21. The van der Waals surface area contributed by atoms with Crippen molar-refractivity contribution < 1.29 is 0 Å². The van der Waals surface area contributed by atoms with Gasteiger partial charge in [0, 0.05) is 15.6 Å². The van der Waals surface area contributed by atoms with Crippen molar-refractivity contribution in [3.63, 3.8) is 0 Å². The molecule has 1 aromatic carbocycles. The molecule has 0 spiro atoms. The molecule has 1 aliphatic rings. The van der Waals surface area contributed by atoms with Gasteiger partial charge < -0.3 is 5.32 Å². The Bertz CT molecular complexity index is 1060. The third kappa shape index (κ3) is 3.22. The van der Waals surface area contributed by atoms with Crippen LogP contribution in [0.25, 0.3) is 10.2 Å². The van der Waals surface area contributed by atoms with Gasteiger partial charge in [-0.1, -0.05) is 11.6 Å². The number of aromatic nitrogens is 2. The summed E-state index contributed by atoms with van der Waals surface area (Å²) in [5, 5.41) is 4.76. The summed E-state index contributed by atoms with van der Waals surface area (Å²) < 4.78 is 1.43. The van der Waals surface area contributed by atoms with Crippen LogP contribution in [0.2, 0.25) is 5.02 Å². The second-order valence-electron chi connectivity index (χ2n) is 6.26. The molecule has 0 fully saturated rings. The van der Waals surface area contributed by atoms with Crippen LogP contribution < -0.4 is 16.3 Å². The van der Waals surface area contributed by atoms with E-state index >= 15 is 0 Å². The Labute approximate surface area is 165 Å². The van der Waals surface area contributed by atoms with Gasteiger partial charge in [0.25, 0.3) is 5.56 Å². The molecule has 2 aromatic heterocycles. The molecule has 3 aromatic rings. The van der Waals surface area contributed by atoms with Crippen LogP contribution in [-0.4, -0.2) is 14.8 Å². The van der Waals surface area contributed by atoms with Crippen LogP contribution in [0.4, 0.5) is 5.69 Å². The minimum atomic E-state index is -0.0906. The third-order valence-corrected chi connectivity index (χ3v) is 6.10. The van der Waals surface area contributed by atoms with Gasteiger partial charge in [0.15, 0.2) is 5.11 Å². The number of thiophene rings is 1. The topological polar surface area (TPSA) is 59.0 Å². The molecule has 8 heteroatoms. The van der Waals surface area contributed by atoms with Gasteiger partial charge in [0.2, 0.25) is 0 Å². The van der Waals surface area contributed by atoms with Crippen molar-refractivity contribution in [1.82, 2.24) is 9.66 Å². The van der Waals surface area contributed by atoms with E-state index in [0.717, 1.165) is 35.2 Å². The van der Waals surface area contributed by atoms with Crippen LogP contribution >= 0.6 is 35.2 Å². The van der Waals surface area contributed by atoms with E-state index in [2.05, 4.69) is 15.7 Å². The molecular weight excluding hydrogens is 388 g/mol. The Balaban J connectivity index is 1.66. The standard InChI is InChI=1S/C18H17ClN4OS2/c1-10-20-16-15(13-4-2-3-5-14(13)26-16)17(24)23(10)22-18(25)21-12-8-6-11(19)7-9-12/h6-9H,2-5H2,1H3,(H2,21,22,25). The molecule has 0 radical (unpaired) electrons. The number of fused-ring (bicyclic) bond motifs is 3. The fourth-order valence-electron chi connectivity index (χ4n) is 3.23. The number of rotatable bonds is 2.